The normalized spacial score (nSPS) is 25.0. The summed E-state index contributed by atoms with van der Waals surface area (Å²) in [5, 5.41) is 9.67. The Balaban J connectivity index is 2.20. The van der Waals surface area contributed by atoms with Crippen molar-refractivity contribution in [3.63, 3.8) is 0 Å². The highest BCUT2D eigenvalue weighted by atomic mass is 35.5. The molecule has 2 rings (SSSR count). The highest BCUT2D eigenvalue weighted by Gasteiger charge is 2.26. The molecule has 2 heteroatoms. The number of hydrogen-bond acceptors (Lipinski definition) is 1. The first-order chi connectivity index (χ1) is 7.81. The van der Waals surface area contributed by atoms with Crippen LogP contribution in [0.5, 0.6) is 0 Å². The van der Waals surface area contributed by atoms with E-state index in [0.29, 0.717) is 18.3 Å². The zero-order chi connectivity index (χ0) is 11.4. The number of nitriles is 1. The van der Waals surface area contributed by atoms with Gasteiger partial charge in [-0.3, -0.25) is 0 Å². The average molecular weight is 234 g/mol. The van der Waals surface area contributed by atoms with Crippen LogP contribution in [0.25, 0.3) is 0 Å². The van der Waals surface area contributed by atoms with Crippen LogP contribution in [0.3, 0.4) is 0 Å². The lowest BCUT2D eigenvalue weighted by molar-refractivity contribution is 0.312. The van der Waals surface area contributed by atoms with Crippen molar-refractivity contribution in [3.8, 4) is 6.07 Å². The molecular weight excluding hydrogens is 218 g/mol. The van der Waals surface area contributed by atoms with E-state index in [-0.39, 0.29) is 0 Å². The average Bonchev–Trinajstić information content (AvgIpc) is 2.30. The van der Waals surface area contributed by atoms with Gasteiger partial charge in [0.1, 0.15) is 0 Å². The largest absolute Gasteiger partial charge is 0.198 e. The van der Waals surface area contributed by atoms with Crippen molar-refractivity contribution >= 4 is 11.6 Å². The first kappa shape index (κ1) is 11.5. The minimum Gasteiger partial charge on any atom is -0.198 e. The minimum atomic E-state index is 0.525. The van der Waals surface area contributed by atoms with Crippen LogP contribution in [0, 0.1) is 17.2 Å². The van der Waals surface area contributed by atoms with Gasteiger partial charge in [-0.25, -0.2) is 0 Å². The van der Waals surface area contributed by atoms with Crippen LogP contribution in [0.4, 0.5) is 0 Å². The Hall–Kier alpha value is -1.00. The van der Waals surface area contributed by atoms with Crippen molar-refractivity contribution < 1.29 is 0 Å². The Morgan fingerprint density at radius 2 is 2.12 bits per heavy atom. The molecule has 84 valence electrons. The third-order valence-corrected chi connectivity index (χ3v) is 3.77. The molecule has 1 nitrogen and oxygen atoms in total. The zero-order valence-electron chi connectivity index (χ0n) is 9.32. The second-order valence-electron chi connectivity index (χ2n) is 4.57. The Bertz CT molecular complexity index is 394. The van der Waals surface area contributed by atoms with Crippen molar-refractivity contribution in [1.29, 1.82) is 5.26 Å². The van der Waals surface area contributed by atoms with Gasteiger partial charge in [0.25, 0.3) is 0 Å². The second-order valence-corrected chi connectivity index (χ2v) is 5.00. The smallest absolute Gasteiger partial charge is 0.0624 e. The lowest BCUT2D eigenvalue weighted by Crippen LogP contribution is -2.17. The fourth-order valence-corrected chi connectivity index (χ4v) is 2.94. The van der Waals surface area contributed by atoms with Crippen LogP contribution in [0.1, 0.15) is 43.6 Å². The van der Waals surface area contributed by atoms with Crippen LogP contribution in [-0.4, -0.2) is 0 Å². The number of halogens is 1. The van der Waals surface area contributed by atoms with Gasteiger partial charge < -0.3 is 0 Å². The van der Waals surface area contributed by atoms with Gasteiger partial charge in [-0.15, -0.1) is 0 Å². The monoisotopic (exact) mass is 233 g/mol. The number of nitrogens with zero attached hydrogens (tertiary/aromatic N) is 1. The minimum absolute atomic E-state index is 0.525. The van der Waals surface area contributed by atoms with Crippen molar-refractivity contribution in [2.45, 2.75) is 38.0 Å². The summed E-state index contributed by atoms with van der Waals surface area (Å²) in [6.45, 7) is 0. The van der Waals surface area contributed by atoms with Crippen molar-refractivity contribution in [2.75, 3.05) is 0 Å². The molecule has 16 heavy (non-hydrogen) atoms. The summed E-state index contributed by atoms with van der Waals surface area (Å²) in [5.41, 5.74) is 1.31. The SMILES string of the molecule is N#CCC1CCCCC1c1cccc(Cl)c1. The maximum Gasteiger partial charge on any atom is 0.0624 e. The molecule has 2 atom stereocenters. The standard InChI is InChI=1S/C14H16ClN/c15-13-6-3-5-12(10-13)14-7-2-1-4-11(14)8-9-16/h3,5-6,10-11,14H,1-2,4,7-8H2. The summed E-state index contributed by atoms with van der Waals surface area (Å²) in [4.78, 5) is 0. The Kier molecular flexibility index (Phi) is 3.85. The lowest BCUT2D eigenvalue weighted by Gasteiger charge is -2.30. The highest BCUT2D eigenvalue weighted by Crippen LogP contribution is 2.39. The summed E-state index contributed by atoms with van der Waals surface area (Å²) in [7, 11) is 0. The molecule has 0 saturated heterocycles. The summed E-state index contributed by atoms with van der Waals surface area (Å²) in [6, 6.07) is 10.4. The van der Waals surface area contributed by atoms with Gasteiger partial charge in [0.15, 0.2) is 0 Å². The van der Waals surface area contributed by atoms with E-state index in [1.54, 1.807) is 0 Å². The van der Waals surface area contributed by atoms with Crippen LogP contribution in [-0.2, 0) is 0 Å². The van der Waals surface area contributed by atoms with Crippen LogP contribution < -0.4 is 0 Å². The molecule has 0 radical (unpaired) electrons. The number of hydrogen-bond donors (Lipinski definition) is 0. The first-order valence-electron chi connectivity index (χ1n) is 5.93. The molecule has 1 fully saturated rings. The summed E-state index contributed by atoms with van der Waals surface area (Å²) in [5.74, 6) is 1.06. The van der Waals surface area contributed by atoms with Crippen molar-refractivity contribution in [1.82, 2.24) is 0 Å². The molecule has 1 aromatic rings. The third kappa shape index (κ3) is 2.57. The fourth-order valence-electron chi connectivity index (χ4n) is 2.75. The summed E-state index contributed by atoms with van der Waals surface area (Å²) >= 11 is 6.02. The predicted octanol–water partition coefficient (Wildman–Crippen LogP) is 4.53. The molecule has 2 unspecified atom stereocenters. The van der Waals surface area contributed by atoms with E-state index >= 15 is 0 Å². The number of benzene rings is 1. The van der Waals surface area contributed by atoms with Gasteiger partial charge >= 0.3 is 0 Å². The molecule has 0 N–H and O–H groups in total. The van der Waals surface area contributed by atoms with Crippen molar-refractivity contribution in [2.24, 2.45) is 5.92 Å². The summed E-state index contributed by atoms with van der Waals surface area (Å²) < 4.78 is 0. The van der Waals surface area contributed by atoms with E-state index in [4.69, 9.17) is 16.9 Å². The van der Waals surface area contributed by atoms with E-state index < -0.39 is 0 Å². The molecule has 0 aromatic heterocycles. The maximum atomic E-state index is 8.86. The lowest BCUT2D eigenvalue weighted by atomic mass is 9.74. The topological polar surface area (TPSA) is 23.8 Å². The molecule has 0 amide bonds. The van der Waals surface area contributed by atoms with E-state index in [2.05, 4.69) is 18.2 Å². The van der Waals surface area contributed by atoms with E-state index in [9.17, 15) is 0 Å². The molecule has 0 spiro atoms. The summed E-state index contributed by atoms with van der Waals surface area (Å²) in [6.07, 6.45) is 5.61. The van der Waals surface area contributed by atoms with Gasteiger partial charge in [-0.1, -0.05) is 36.6 Å². The maximum absolute atomic E-state index is 8.86. The molecule has 1 aromatic carbocycles. The van der Waals surface area contributed by atoms with E-state index in [0.717, 1.165) is 5.02 Å². The zero-order valence-corrected chi connectivity index (χ0v) is 10.1. The molecule has 0 aliphatic heterocycles. The Labute approximate surface area is 102 Å². The Morgan fingerprint density at radius 3 is 2.88 bits per heavy atom. The molecular formula is C14H16ClN. The van der Waals surface area contributed by atoms with Gasteiger partial charge in [-0.05, 0) is 42.4 Å². The van der Waals surface area contributed by atoms with E-state index in [1.807, 2.05) is 12.1 Å². The molecule has 0 bridgehead atoms. The number of rotatable bonds is 2. The molecule has 0 heterocycles. The second kappa shape index (κ2) is 5.37. The Morgan fingerprint density at radius 1 is 1.31 bits per heavy atom. The van der Waals surface area contributed by atoms with Gasteiger partial charge in [0, 0.05) is 11.4 Å². The van der Waals surface area contributed by atoms with Gasteiger partial charge in [0.05, 0.1) is 6.07 Å². The van der Waals surface area contributed by atoms with Crippen LogP contribution in [0.2, 0.25) is 5.02 Å². The van der Waals surface area contributed by atoms with Crippen LogP contribution in [0.15, 0.2) is 24.3 Å². The fraction of sp³-hybridized carbons (Fsp3) is 0.500. The van der Waals surface area contributed by atoms with Crippen LogP contribution >= 0.6 is 11.6 Å². The molecule has 1 aliphatic rings. The molecule has 1 aliphatic carbocycles. The van der Waals surface area contributed by atoms with E-state index in [1.165, 1.54) is 31.2 Å². The first-order valence-corrected chi connectivity index (χ1v) is 6.31. The predicted molar refractivity (Wildman–Crippen MR) is 66.4 cm³/mol. The molecule has 1 saturated carbocycles. The third-order valence-electron chi connectivity index (χ3n) is 3.54. The van der Waals surface area contributed by atoms with Crippen molar-refractivity contribution in [3.05, 3.63) is 34.9 Å². The van der Waals surface area contributed by atoms with Gasteiger partial charge in [-0.2, -0.15) is 5.26 Å². The quantitative estimate of drug-likeness (QED) is 0.737. The van der Waals surface area contributed by atoms with Gasteiger partial charge in [0.2, 0.25) is 0 Å². The highest BCUT2D eigenvalue weighted by molar-refractivity contribution is 6.30.